The number of aromatic nitrogens is 2. The number of fused-ring (bicyclic) bond motifs is 5. The van der Waals surface area contributed by atoms with E-state index in [1.165, 1.54) is 0 Å². The molecule has 21 nitrogen and oxygen atoms in total. The van der Waals surface area contributed by atoms with E-state index < -0.39 is 82.8 Å². The van der Waals surface area contributed by atoms with Crippen molar-refractivity contribution in [2.24, 2.45) is 0 Å². The smallest absolute Gasteiger partial charge is 0.367 e. The van der Waals surface area contributed by atoms with Crippen LogP contribution in [0.25, 0.3) is 0 Å². The summed E-state index contributed by atoms with van der Waals surface area (Å²) in [4.78, 5) is 16.6. The zero-order valence-corrected chi connectivity index (χ0v) is 18.1. The number of imidazole rings is 1. The Labute approximate surface area is 182 Å². The number of hydrogen-bond acceptors (Lipinski definition) is 19. The summed E-state index contributed by atoms with van der Waals surface area (Å²) in [6.07, 6.45) is 0. The third-order valence-corrected chi connectivity index (χ3v) is 10.1. The highest BCUT2D eigenvalue weighted by molar-refractivity contribution is 7.50. The van der Waals surface area contributed by atoms with E-state index in [9.17, 15) is 33.8 Å². The van der Waals surface area contributed by atoms with E-state index in [-0.39, 0.29) is 0 Å². The SMILES string of the molecule is O=C1c2nc3n([C@]45O[C@@]6(OP7(=O)OC6(O)O7)[C@@]6(O)OP(=O)(O4)O[C@@]56O)c2N2CN1OP(=O)(O3)O2. The number of carbonyl (C=O) groups excluding carboxylic acids is 1. The van der Waals surface area contributed by atoms with Crippen molar-refractivity contribution in [1.29, 1.82) is 0 Å². The topological polar surface area (TPSA) is 246 Å². The van der Waals surface area contributed by atoms with Crippen LogP contribution in [-0.4, -0.2) is 65.8 Å². The van der Waals surface area contributed by atoms with Crippen LogP contribution in [-0.2, 0) is 60.7 Å². The summed E-state index contributed by atoms with van der Waals surface area (Å²) >= 11 is 0. The van der Waals surface area contributed by atoms with Gasteiger partial charge in [-0.15, -0.1) is 0 Å². The van der Waals surface area contributed by atoms with Gasteiger partial charge in [0.1, 0.15) is 6.67 Å². The standard InChI is InChI=1S/C10H5N4O17P3/c15-4-2-3-12-1-13(4)31-32(19,30-12)22-5(11-2)14(3)9-7(17)6(16,24-33(20,25-7)27-9)8(23-9)10(18)28-34(21,26-8)29-10/h16-18H,1H2/t6-,7+,8+,9+,10?,32?,33?,34?/m0/s1. The molecule has 3 N–H and O–H groups in total. The lowest BCUT2D eigenvalue weighted by atomic mass is 9.95. The molecule has 9 bridgehead atoms. The lowest BCUT2D eigenvalue weighted by Gasteiger charge is -2.40. The van der Waals surface area contributed by atoms with Gasteiger partial charge in [-0.1, -0.05) is 0 Å². The monoisotopic (exact) mass is 546 g/mol. The number of nitrogens with zero attached hydrogens (tertiary/aromatic N) is 4. The summed E-state index contributed by atoms with van der Waals surface area (Å²) in [6.45, 7) is -0.509. The molecule has 7 saturated heterocycles. The number of carbonyl (C=O) groups is 1. The normalized spacial score (nSPS) is 58.7. The summed E-state index contributed by atoms with van der Waals surface area (Å²) in [5.41, 5.74) is -0.487. The van der Waals surface area contributed by atoms with Gasteiger partial charge in [-0.25, -0.2) is 50.5 Å². The van der Waals surface area contributed by atoms with Gasteiger partial charge in [0.2, 0.25) is 0 Å². The molecule has 9 aliphatic rings. The van der Waals surface area contributed by atoms with Crippen LogP contribution in [0.15, 0.2) is 0 Å². The number of rotatable bonds is 1. The minimum Gasteiger partial charge on any atom is -0.367 e. The van der Waals surface area contributed by atoms with Crippen LogP contribution in [0.1, 0.15) is 10.5 Å². The number of amides is 1. The first-order valence-electron chi connectivity index (χ1n) is 8.97. The Hall–Kier alpha value is -1.51. The Morgan fingerprint density at radius 2 is 1.53 bits per heavy atom. The fraction of sp³-hybridized carbons (Fsp3) is 0.600. The highest BCUT2D eigenvalue weighted by atomic mass is 31.2. The third-order valence-electron chi connectivity index (χ3n) is 6.10. The molecule has 10 heterocycles. The molecule has 7 fully saturated rings. The Bertz CT molecular complexity index is 1470. The van der Waals surface area contributed by atoms with Gasteiger partial charge in [-0.05, 0) is 0 Å². The van der Waals surface area contributed by atoms with E-state index in [1.807, 2.05) is 0 Å². The molecule has 1 aromatic heterocycles. The number of aliphatic hydroxyl groups is 3. The Morgan fingerprint density at radius 3 is 2.21 bits per heavy atom. The van der Waals surface area contributed by atoms with E-state index in [2.05, 4.69) is 14.0 Å². The second kappa shape index (κ2) is 4.63. The van der Waals surface area contributed by atoms with Gasteiger partial charge in [0.15, 0.2) is 11.5 Å². The summed E-state index contributed by atoms with van der Waals surface area (Å²) in [7, 11) is -14.1. The molecule has 34 heavy (non-hydrogen) atoms. The molecule has 182 valence electrons. The highest BCUT2D eigenvalue weighted by Gasteiger charge is 3.06. The Morgan fingerprint density at radius 1 is 0.853 bits per heavy atom. The summed E-state index contributed by atoms with van der Waals surface area (Å²) in [6, 6.07) is -0.840. The van der Waals surface area contributed by atoms with Crippen molar-refractivity contribution >= 4 is 35.2 Å². The van der Waals surface area contributed by atoms with Crippen molar-refractivity contribution in [3.63, 3.8) is 0 Å². The molecular weight excluding hydrogens is 541 g/mol. The van der Waals surface area contributed by atoms with E-state index in [0.29, 0.717) is 9.63 Å². The lowest BCUT2D eigenvalue weighted by Crippen LogP contribution is -2.70. The van der Waals surface area contributed by atoms with Crippen LogP contribution in [0.3, 0.4) is 0 Å². The van der Waals surface area contributed by atoms with Gasteiger partial charge in [0.05, 0.1) is 0 Å². The van der Waals surface area contributed by atoms with Crippen molar-refractivity contribution in [3.8, 4) is 6.01 Å². The number of phosphoric acid groups is 3. The second-order valence-corrected chi connectivity index (χ2v) is 12.2. The molecule has 1 spiro atoms. The van der Waals surface area contributed by atoms with Crippen molar-refractivity contribution < 1.29 is 79.5 Å². The lowest BCUT2D eigenvalue weighted by molar-refractivity contribution is -0.454. The van der Waals surface area contributed by atoms with E-state index in [1.54, 1.807) is 0 Å². The molecule has 6 atom stereocenters. The molecule has 0 radical (unpaired) electrons. The van der Waals surface area contributed by atoms with Gasteiger partial charge in [0, 0.05) is 0 Å². The third kappa shape index (κ3) is 1.58. The predicted octanol–water partition coefficient (Wildman–Crippen LogP) is -1.79. The minimum atomic E-state index is -4.98. The van der Waals surface area contributed by atoms with Crippen LogP contribution >= 0.6 is 23.5 Å². The predicted molar refractivity (Wildman–Crippen MR) is 84.5 cm³/mol. The fourth-order valence-electron chi connectivity index (χ4n) is 4.88. The van der Waals surface area contributed by atoms with Crippen molar-refractivity contribution in [3.05, 3.63) is 5.69 Å². The molecular formula is C10H5N4O17P3. The molecule has 0 aromatic carbocycles. The Balaban J connectivity index is 1.37. The summed E-state index contributed by atoms with van der Waals surface area (Å²) in [5, 5.41) is 34.9. The second-order valence-electron chi connectivity index (χ2n) is 7.92. The van der Waals surface area contributed by atoms with Gasteiger partial charge >= 0.3 is 64.6 Å². The van der Waals surface area contributed by atoms with Crippen molar-refractivity contribution in [2.45, 2.75) is 29.2 Å². The first kappa shape index (κ1) is 19.7. The van der Waals surface area contributed by atoms with Crippen molar-refractivity contribution in [1.82, 2.24) is 14.6 Å². The van der Waals surface area contributed by atoms with Gasteiger partial charge in [0.25, 0.3) is 0 Å². The molecule has 1 amide bonds. The number of hydroxylamine groups is 3. The van der Waals surface area contributed by atoms with Crippen LogP contribution in [0.5, 0.6) is 6.01 Å². The number of phosphoric ester groups is 2. The van der Waals surface area contributed by atoms with Crippen molar-refractivity contribution in [2.75, 3.05) is 11.7 Å². The largest absolute Gasteiger partial charge is 0.576 e. The van der Waals surface area contributed by atoms with E-state index in [0.717, 1.165) is 5.06 Å². The minimum absolute atomic E-state index is 0.458. The summed E-state index contributed by atoms with van der Waals surface area (Å²) < 4.78 is 89.2. The zero-order chi connectivity index (χ0) is 23.5. The van der Waals surface area contributed by atoms with Crippen LogP contribution < -0.4 is 9.59 Å². The maximum Gasteiger partial charge on any atom is 0.576 e. The van der Waals surface area contributed by atoms with Crippen LogP contribution in [0.4, 0.5) is 5.82 Å². The van der Waals surface area contributed by atoms with Crippen LogP contribution in [0.2, 0.25) is 0 Å². The van der Waals surface area contributed by atoms with Gasteiger partial charge in [-0.3, -0.25) is 9.53 Å². The average Bonchev–Trinajstić information content (AvgIpc) is 3.35. The highest BCUT2D eigenvalue weighted by Crippen LogP contribution is 2.90. The first-order valence-corrected chi connectivity index (χ1v) is 13.3. The Kier molecular flexibility index (Phi) is 2.68. The van der Waals surface area contributed by atoms with E-state index in [4.69, 9.17) is 36.6 Å². The maximum atomic E-state index is 13.1. The zero-order valence-electron chi connectivity index (χ0n) is 15.4. The van der Waals surface area contributed by atoms with Gasteiger partial charge in [-0.2, -0.15) is 19.3 Å². The average molecular weight is 546 g/mol. The van der Waals surface area contributed by atoms with Crippen LogP contribution in [0, 0.1) is 0 Å². The molecule has 24 heteroatoms. The fourth-order valence-corrected chi connectivity index (χ4v) is 9.35. The molecule has 1 aromatic rings. The number of hydrogen-bond donors (Lipinski definition) is 3. The van der Waals surface area contributed by atoms with E-state index >= 15 is 0 Å². The molecule has 2 unspecified atom stereocenters. The molecule has 9 aliphatic heterocycles. The number of anilines is 1. The summed E-state index contributed by atoms with van der Waals surface area (Å²) in [5.74, 6) is -18.0. The number of ether oxygens (including phenoxy) is 1. The first-order chi connectivity index (χ1) is 15.7. The maximum absolute atomic E-state index is 13.1. The molecule has 0 aliphatic carbocycles. The van der Waals surface area contributed by atoms with Gasteiger partial charge < -0.3 is 19.8 Å². The molecule has 0 saturated carbocycles. The quantitative estimate of drug-likeness (QED) is 0.329. The molecule has 10 rings (SSSR count).